The molecule has 1 aromatic carbocycles. The first-order valence-corrected chi connectivity index (χ1v) is 6.69. The maximum Gasteiger partial charge on any atom is 0.241 e. The standard InChI is InChI=1S/C15H20N4O/c1-11(2)14(16)15(20)18-13-7-4-3-6-12(13)10-19-9-5-8-17-19/h3-9,11,14H,10,16H2,1-2H3,(H,18,20). The van der Waals surface area contributed by atoms with Gasteiger partial charge in [0.1, 0.15) is 0 Å². The minimum Gasteiger partial charge on any atom is -0.324 e. The van der Waals surface area contributed by atoms with Crippen molar-refractivity contribution in [3.05, 3.63) is 48.3 Å². The van der Waals surface area contributed by atoms with E-state index in [-0.39, 0.29) is 11.8 Å². The van der Waals surface area contributed by atoms with Gasteiger partial charge in [0.2, 0.25) is 5.91 Å². The van der Waals surface area contributed by atoms with E-state index in [1.54, 1.807) is 6.20 Å². The minimum atomic E-state index is -0.507. The molecule has 0 saturated carbocycles. The van der Waals surface area contributed by atoms with E-state index >= 15 is 0 Å². The number of amides is 1. The summed E-state index contributed by atoms with van der Waals surface area (Å²) in [5.41, 5.74) is 7.65. The molecule has 0 aliphatic carbocycles. The lowest BCUT2D eigenvalue weighted by molar-refractivity contribution is -0.118. The van der Waals surface area contributed by atoms with Crippen LogP contribution in [-0.4, -0.2) is 21.7 Å². The number of para-hydroxylation sites is 1. The summed E-state index contributed by atoms with van der Waals surface area (Å²) in [5.74, 6) is -0.0545. The summed E-state index contributed by atoms with van der Waals surface area (Å²) in [4.78, 5) is 12.1. The highest BCUT2D eigenvalue weighted by atomic mass is 16.2. The highest BCUT2D eigenvalue weighted by molar-refractivity contribution is 5.95. The number of carbonyl (C=O) groups excluding carboxylic acids is 1. The van der Waals surface area contributed by atoms with Crippen LogP contribution in [0.15, 0.2) is 42.7 Å². The SMILES string of the molecule is CC(C)C(N)C(=O)Nc1ccccc1Cn1cccn1. The van der Waals surface area contributed by atoms with Crippen molar-refractivity contribution in [3.8, 4) is 0 Å². The van der Waals surface area contributed by atoms with Crippen molar-refractivity contribution in [2.24, 2.45) is 11.7 Å². The molecule has 0 bridgehead atoms. The summed E-state index contributed by atoms with van der Waals surface area (Å²) >= 11 is 0. The molecule has 0 radical (unpaired) electrons. The van der Waals surface area contributed by atoms with Gasteiger partial charge in [0, 0.05) is 18.1 Å². The van der Waals surface area contributed by atoms with Gasteiger partial charge < -0.3 is 11.1 Å². The third kappa shape index (κ3) is 3.45. The second kappa shape index (κ2) is 6.34. The number of carbonyl (C=O) groups is 1. The van der Waals surface area contributed by atoms with Crippen LogP contribution in [0.5, 0.6) is 0 Å². The van der Waals surface area contributed by atoms with Crippen molar-refractivity contribution in [3.63, 3.8) is 0 Å². The Morgan fingerprint density at radius 3 is 2.75 bits per heavy atom. The molecule has 5 heteroatoms. The van der Waals surface area contributed by atoms with Gasteiger partial charge in [0.05, 0.1) is 12.6 Å². The van der Waals surface area contributed by atoms with E-state index in [9.17, 15) is 4.79 Å². The summed E-state index contributed by atoms with van der Waals surface area (Å²) < 4.78 is 1.81. The molecule has 1 amide bonds. The van der Waals surface area contributed by atoms with Crippen molar-refractivity contribution in [2.75, 3.05) is 5.32 Å². The van der Waals surface area contributed by atoms with Crippen LogP contribution in [0.25, 0.3) is 0 Å². The molecule has 20 heavy (non-hydrogen) atoms. The van der Waals surface area contributed by atoms with Gasteiger partial charge in [-0.1, -0.05) is 32.0 Å². The Hall–Kier alpha value is -2.14. The van der Waals surface area contributed by atoms with Crippen LogP contribution in [0.4, 0.5) is 5.69 Å². The van der Waals surface area contributed by atoms with Crippen LogP contribution in [0, 0.1) is 5.92 Å². The van der Waals surface area contributed by atoms with Crippen molar-refractivity contribution >= 4 is 11.6 Å². The Balaban J connectivity index is 2.14. The first kappa shape index (κ1) is 14.3. The number of anilines is 1. The molecule has 106 valence electrons. The largest absolute Gasteiger partial charge is 0.324 e. The van der Waals surface area contributed by atoms with Gasteiger partial charge in [0.15, 0.2) is 0 Å². The van der Waals surface area contributed by atoms with Crippen molar-refractivity contribution < 1.29 is 4.79 Å². The van der Waals surface area contributed by atoms with Crippen LogP contribution >= 0.6 is 0 Å². The fraction of sp³-hybridized carbons (Fsp3) is 0.333. The second-order valence-electron chi connectivity index (χ2n) is 5.12. The van der Waals surface area contributed by atoms with E-state index in [1.807, 2.05) is 55.1 Å². The fourth-order valence-corrected chi connectivity index (χ4v) is 1.87. The molecule has 0 saturated heterocycles. The second-order valence-corrected chi connectivity index (χ2v) is 5.12. The van der Waals surface area contributed by atoms with Crippen LogP contribution < -0.4 is 11.1 Å². The lowest BCUT2D eigenvalue weighted by atomic mass is 10.0. The van der Waals surface area contributed by atoms with Crippen molar-refractivity contribution in [2.45, 2.75) is 26.4 Å². The van der Waals surface area contributed by atoms with E-state index < -0.39 is 6.04 Å². The van der Waals surface area contributed by atoms with Gasteiger partial charge in [-0.15, -0.1) is 0 Å². The molecule has 0 spiro atoms. The molecule has 1 aromatic heterocycles. The van der Waals surface area contributed by atoms with E-state index in [2.05, 4.69) is 10.4 Å². The highest BCUT2D eigenvalue weighted by Crippen LogP contribution is 2.17. The molecule has 5 nitrogen and oxygen atoms in total. The average molecular weight is 272 g/mol. The Morgan fingerprint density at radius 1 is 1.35 bits per heavy atom. The van der Waals surface area contributed by atoms with Crippen LogP contribution in [0.2, 0.25) is 0 Å². The molecule has 1 atom stereocenters. The molecular weight excluding hydrogens is 252 g/mol. The number of rotatable bonds is 5. The first-order chi connectivity index (χ1) is 9.58. The first-order valence-electron chi connectivity index (χ1n) is 6.69. The predicted octanol–water partition coefficient (Wildman–Crippen LogP) is 1.85. The van der Waals surface area contributed by atoms with Gasteiger partial charge in [-0.2, -0.15) is 5.10 Å². The Labute approximate surface area is 118 Å². The van der Waals surface area contributed by atoms with Crippen LogP contribution in [0.1, 0.15) is 19.4 Å². The molecule has 2 aromatic rings. The van der Waals surface area contributed by atoms with Crippen molar-refractivity contribution in [1.29, 1.82) is 0 Å². The van der Waals surface area contributed by atoms with Crippen molar-refractivity contribution in [1.82, 2.24) is 9.78 Å². The molecule has 1 heterocycles. The third-order valence-electron chi connectivity index (χ3n) is 3.19. The van der Waals surface area contributed by atoms with E-state index in [4.69, 9.17) is 5.73 Å². The third-order valence-corrected chi connectivity index (χ3v) is 3.19. The molecule has 2 rings (SSSR count). The predicted molar refractivity (Wildman–Crippen MR) is 79.2 cm³/mol. The number of benzene rings is 1. The molecule has 0 aliphatic rings. The summed E-state index contributed by atoms with van der Waals surface area (Å²) in [6.45, 7) is 4.47. The molecule has 3 N–H and O–H groups in total. The summed E-state index contributed by atoms with van der Waals surface area (Å²) in [5, 5.41) is 7.07. The Morgan fingerprint density at radius 2 is 2.10 bits per heavy atom. The van der Waals surface area contributed by atoms with Gasteiger partial charge >= 0.3 is 0 Å². The average Bonchev–Trinajstić information content (AvgIpc) is 2.92. The van der Waals surface area contributed by atoms with E-state index in [0.717, 1.165) is 11.3 Å². The lowest BCUT2D eigenvalue weighted by Crippen LogP contribution is -2.39. The van der Waals surface area contributed by atoms with Crippen LogP contribution in [0.3, 0.4) is 0 Å². The molecular formula is C15H20N4O. The Bertz CT molecular complexity index is 563. The molecule has 0 aliphatic heterocycles. The van der Waals surface area contributed by atoms with E-state index in [0.29, 0.717) is 6.54 Å². The fourth-order valence-electron chi connectivity index (χ4n) is 1.87. The zero-order chi connectivity index (χ0) is 14.5. The maximum absolute atomic E-state index is 12.1. The van der Waals surface area contributed by atoms with Gasteiger partial charge in [-0.3, -0.25) is 9.48 Å². The highest BCUT2D eigenvalue weighted by Gasteiger charge is 2.18. The molecule has 1 unspecified atom stereocenters. The smallest absolute Gasteiger partial charge is 0.241 e. The lowest BCUT2D eigenvalue weighted by Gasteiger charge is -2.17. The number of nitrogens with one attached hydrogen (secondary N) is 1. The maximum atomic E-state index is 12.1. The van der Waals surface area contributed by atoms with E-state index in [1.165, 1.54) is 0 Å². The van der Waals surface area contributed by atoms with Gasteiger partial charge in [0.25, 0.3) is 0 Å². The number of hydrogen-bond donors (Lipinski definition) is 2. The number of nitrogens with two attached hydrogens (primary N) is 1. The summed E-state index contributed by atoms with van der Waals surface area (Å²) in [6, 6.07) is 9.05. The minimum absolute atomic E-state index is 0.105. The normalized spacial score (nSPS) is 12.4. The number of nitrogens with zero attached hydrogens (tertiary/aromatic N) is 2. The zero-order valence-corrected chi connectivity index (χ0v) is 11.8. The van der Waals surface area contributed by atoms with Gasteiger partial charge in [-0.25, -0.2) is 0 Å². The monoisotopic (exact) mass is 272 g/mol. The molecule has 0 fully saturated rings. The summed E-state index contributed by atoms with van der Waals surface area (Å²) in [6.07, 6.45) is 3.62. The van der Waals surface area contributed by atoms with Crippen LogP contribution in [-0.2, 0) is 11.3 Å². The van der Waals surface area contributed by atoms with Gasteiger partial charge in [-0.05, 0) is 23.6 Å². The zero-order valence-electron chi connectivity index (χ0n) is 11.8. The number of aromatic nitrogens is 2. The topological polar surface area (TPSA) is 72.9 Å². The quantitative estimate of drug-likeness (QED) is 0.872. The Kier molecular flexibility index (Phi) is 4.53. The number of hydrogen-bond acceptors (Lipinski definition) is 3. The summed E-state index contributed by atoms with van der Waals surface area (Å²) in [7, 11) is 0.